The molecule has 0 aliphatic carbocycles. The Morgan fingerprint density at radius 2 is 1.89 bits per heavy atom. The zero-order chi connectivity index (χ0) is 14.4. The van der Waals surface area contributed by atoms with E-state index in [4.69, 9.17) is 4.74 Å². The molecule has 3 heteroatoms. The highest BCUT2D eigenvalue weighted by Crippen LogP contribution is 2.27. The van der Waals surface area contributed by atoms with Gasteiger partial charge in [-0.3, -0.25) is 0 Å². The van der Waals surface area contributed by atoms with Crippen LogP contribution in [0.5, 0.6) is 0 Å². The van der Waals surface area contributed by atoms with Crippen molar-refractivity contribution >= 4 is 17.4 Å². The number of methoxy groups -OCH3 is 1. The van der Waals surface area contributed by atoms with E-state index in [-0.39, 0.29) is 0 Å². The van der Waals surface area contributed by atoms with Gasteiger partial charge in [-0.25, -0.2) is 0 Å². The molecule has 2 nitrogen and oxygen atoms in total. The summed E-state index contributed by atoms with van der Waals surface area (Å²) in [6.07, 6.45) is 2.18. The molecule has 19 heavy (non-hydrogen) atoms. The van der Waals surface area contributed by atoms with Crippen LogP contribution in [0, 0.1) is 0 Å². The zero-order valence-corrected chi connectivity index (χ0v) is 13.3. The Hall–Kier alpha value is -1.35. The predicted octanol–water partition coefficient (Wildman–Crippen LogP) is 4.34. The fraction of sp³-hybridized carbons (Fsp3) is 0.375. The number of thioether (sulfide) groups is 1. The van der Waals surface area contributed by atoms with Crippen molar-refractivity contribution in [3.8, 4) is 0 Å². The number of rotatable bonds is 6. The molecule has 0 fully saturated rings. The molecule has 0 heterocycles. The van der Waals surface area contributed by atoms with Gasteiger partial charge < -0.3 is 9.64 Å². The fourth-order valence-electron chi connectivity index (χ4n) is 1.68. The van der Waals surface area contributed by atoms with E-state index in [1.54, 1.807) is 7.11 Å². The molecule has 1 atom stereocenters. The average molecular weight is 277 g/mol. The Morgan fingerprint density at radius 3 is 2.37 bits per heavy atom. The Labute approximate surface area is 121 Å². The first kappa shape index (κ1) is 15.7. The lowest BCUT2D eigenvalue weighted by Crippen LogP contribution is -2.07. The molecule has 1 rings (SSSR count). The van der Waals surface area contributed by atoms with E-state index in [2.05, 4.69) is 48.7 Å². The summed E-state index contributed by atoms with van der Waals surface area (Å²) in [7, 11) is 5.75. The molecule has 0 spiro atoms. The highest BCUT2D eigenvalue weighted by atomic mass is 32.2. The Morgan fingerprint density at radius 1 is 1.32 bits per heavy atom. The lowest BCUT2D eigenvalue weighted by molar-refractivity contribution is 0.302. The van der Waals surface area contributed by atoms with Gasteiger partial charge in [-0.2, -0.15) is 0 Å². The number of ether oxygens (including phenoxy) is 1. The summed E-state index contributed by atoms with van der Waals surface area (Å²) in [5.41, 5.74) is 2.31. The van der Waals surface area contributed by atoms with Gasteiger partial charge in [-0.1, -0.05) is 12.7 Å². The van der Waals surface area contributed by atoms with Crippen molar-refractivity contribution in [2.24, 2.45) is 0 Å². The molecule has 0 aromatic heterocycles. The number of nitrogens with zero attached hydrogens (tertiary/aromatic N) is 1. The molecule has 0 aliphatic rings. The van der Waals surface area contributed by atoms with Gasteiger partial charge in [0.1, 0.15) is 5.76 Å². The second kappa shape index (κ2) is 7.29. The van der Waals surface area contributed by atoms with Gasteiger partial charge in [0.25, 0.3) is 0 Å². The van der Waals surface area contributed by atoms with E-state index in [0.717, 1.165) is 11.3 Å². The van der Waals surface area contributed by atoms with Crippen LogP contribution < -0.4 is 4.90 Å². The third kappa shape index (κ3) is 5.03. The van der Waals surface area contributed by atoms with Crippen LogP contribution in [0.3, 0.4) is 0 Å². The van der Waals surface area contributed by atoms with Gasteiger partial charge >= 0.3 is 0 Å². The lowest BCUT2D eigenvalue weighted by Gasteiger charge is -2.14. The molecule has 0 aliphatic heterocycles. The van der Waals surface area contributed by atoms with Crippen LogP contribution in [-0.2, 0) is 4.74 Å². The van der Waals surface area contributed by atoms with Crippen molar-refractivity contribution in [3.05, 3.63) is 48.3 Å². The number of benzene rings is 1. The van der Waals surface area contributed by atoms with Crippen molar-refractivity contribution in [2.75, 3.05) is 26.1 Å². The van der Waals surface area contributed by atoms with E-state index in [9.17, 15) is 0 Å². The van der Waals surface area contributed by atoms with Crippen LogP contribution >= 0.6 is 11.8 Å². The largest absolute Gasteiger partial charge is 0.497 e. The summed E-state index contributed by atoms with van der Waals surface area (Å²) < 4.78 is 5.13. The van der Waals surface area contributed by atoms with E-state index in [0.29, 0.717) is 5.25 Å². The topological polar surface area (TPSA) is 12.5 Å². The maximum Gasteiger partial charge on any atom is 0.114 e. The van der Waals surface area contributed by atoms with Gasteiger partial charge in [0.2, 0.25) is 0 Å². The summed E-state index contributed by atoms with van der Waals surface area (Å²) in [5.74, 6) is 0.732. The monoisotopic (exact) mass is 277 g/mol. The van der Waals surface area contributed by atoms with Crippen molar-refractivity contribution in [2.45, 2.75) is 24.0 Å². The molecule has 0 amide bonds. The minimum Gasteiger partial charge on any atom is -0.497 e. The summed E-state index contributed by atoms with van der Waals surface area (Å²) in [4.78, 5) is 3.37. The van der Waals surface area contributed by atoms with Crippen molar-refractivity contribution in [1.82, 2.24) is 0 Å². The zero-order valence-electron chi connectivity index (χ0n) is 12.4. The highest BCUT2D eigenvalue weighted by Gasteiger charge is 2.04. The van der Waals surface area contributed by atoms with E-state index >= 15 is 0 Å². The van der Waals surface area contributed by atoms with Gasteiger partial charge in [0, 0.05) is 29.9 Å². The van der Waals surface area contributed by atoms with Crippen LogP contribution in [0.25, 0.3) is 0 Å². The van der Waals surface area contributed by atoms with Crippen LogP contribution in [0.2, 0.25) is 0 Å². The minimum atomic E-state index is 0.386. The summed E-state index contributed by atoms with van der Waals surface area (Å²) in [5, 5.41) is 0.386. The molecular weight excluding hydrogens is 254 g/mol. The van der Waals surface area contributed by atoms with Crippen LogP contribution in [-0.4, -0.2) is 26.5 Å². The second-order valence-corrected chi connectivity index (χ2v) is 6.14. The first-order valence-electron chi connectivity index (χ1n) is 6.29. The van der Waals surface area contributed by atoms with Crippen molar-refractivity contribution in [1.29, 1.82) is 0 Å². The summed E-state index contributed by atoms with van der Waals surface area (Å²) in [6, 6.07) is 8.59. The molecule has 0 saturated heterocycles. The minimum absolute atomic E-state index is 0.386. The maximum absolute atomic E-state index is 5.13. The molecule has 104 valence electrons. The van der Waals surface area contributed by atoms with Gasteiger partial charge in [-0.05, 0) is 43.7 Å². The fourth-order valence-corrected chi connectivity index (χ4v) is 2.67. The van der Waals surface area contributed by atoms with E-state index < -0.39 is 0 Å². The third-order valence-electron chi connectivity index (χ3n) is 2.85. The van der Waals surface area contributed by atoms with Crippen LogP contribution in [0.1, 0.15) is 13.8 Å². The molecular formula is C16H23NOS. The average Bonchev–Trinajstić information content (AvgIpc) is 2.38. The SMILES string of the molecule is C=C(OC)/C(C)=C/C(C)Sc1ccc(N(C)C)cc1. The Bertz CT molecular complexity index is 448. The first-order chi connectivity index (χ1) is 8.93. The standard InChI is InChI=1S/C16H23NOS/c1-12(14(3)18-6)11-13(2)19-16-9-7-15(8-10-16)17(4)5/h7-11,13H,3H2,1-2,4-6H3/b12-11+. The molecule has 0 bridgehead atoms. The third-order valence-corrected chi connectivity index (χ3v) is 3.90. The second-order valence-electron chi connectivity index (χ2n) is 4.69. The number of hydrogen-bond donors (Lipinski definition) is 0. The summed E-state index contributed by atoms with van der Waals surface area (Å²) >= 11 is 1.83. The van der Waals surface area contributed by atoms with Gasteiger partial charge in [0.05, 0.1) is 7.11 Å². The van der Waals surface area contributed by atoms with Crippen molar-refractivity contribution in [3.63, 3.8) is 0 Å². The Balaban J connectivity index is 2.66. The molecule has 1 aromatic rings. The predicted molar refractivity (Wildman–Crippen MR) is 86.0 cm³/mol. The van der Waals surface area contributed by atoms with E-state index in [1.807, 2.05) is 32.8 Å². The highest BCUT2D eigenvalue weighted by molar-refractivity contribution is 8.00. The van der Waals surface area contributed by atoms with Crippen molar-refractivity contribution < 1.29 is 4.74 Å². The molecule has 0 radical (unpaired) electrons. The van der Waals surface area contributed by atoms with E-state index in [1.165, 1.54) is 10.6 Å². The maximum atomic E-state index is 5.13. The normalized spacial score (nSPS) is 13.0. The van der Waals surface area contributed by atoms with Crippen LogP contribution in [0.4, 0.5) is 5.69 Å². The molecule has 1 unspecified atom stereocenters. The lowest BCUT2D eigenvalue weighted by atomic mass is 10.2. The van der Waals surface area contributed by atoms with Gasteiger partial charge in [0.15, 0.2) is 0 Å². The molecule has 0 N–H and O–H groups in total. The summed E-state index contributed by atoms with van der Waals surface area (Å²) in [6.45, 7) is 8.06. The Kier molecular flexibility index (Phi) is 6.03. The quantitative estimate of drug-likeness (QED) is 0.436. The number of hydrogen-bond acceptors (Lipinski definition) is 3. The molecule has 1 aromatic carbocycles. The molecule has 0 saturated carbocycles. The first-order valence-corrected chi connectivity index (χ1v) is 7.17. The number of allylic oxidation sites excluding steroid dienone is 1. The smallest absolute Gasteiger partial charge is 0.114 e. The van der Waals surface area contributed by atoms with Crippen LogP contribution in [0.15, 0.2) is 53.1 Å². The van der Waals surface area contributed by atoms with Gasteiger partial charge in [-0.15, -0.1) is 11.8 Å². The number of anilines is 1.